The van der Waals surface area contributed by atoms with Gasteiger partial charge in [-0.1, -0.05) is 26.2 Å². The molecule has 0 aliphatic carbocycles. The molecule has 4 nitrogen and oxygen atoms in total. The van der Waals surface area contributed by atoms with Gasteiger partial charge in [0.1, 0.15) is 17.0 Å². The molecule has 5 heteroatoms. The average molecular weight is 286 g/mol. The van der Waals surface area contributed by atoms with Crippen molar-refractivity contribution in [2.24, 2.45) is 0 Å². The lowest BCUT2D eigenvalue weighted by Gasteiger charge is -2.05. The molecular formula is C15H18N4S. The van der Waals surface area contributed by atoms with Crippen LogP contribution in [-0.4, -0.2) is 21.5 Å². The van der Waals surface area contributed by atoms with Crippen molar-refractivity contribution in [3.63, 3.8) is 0 Å². The summed E-state index contributed by atoms with van der Waals surface area (Å²) in [5, 5.41) is 4.55. The summed E-state index contributed by atoms with van der Waals surface area (Å²) in [5.74, 6) is 0.939. The summed E-state index contributed by atoms with van der Waals surface area (Å²) < 4.78 is 1.11. The molecule has 3 aromatic rings. The summed E-state index contributed by atoms with van der Waals surface area (Å²) >= 11 is 1.66. The maximum Gasteiger partial charge on any atom is 0.147 e. The van der Waals surface area contributed by atoms with Crippen LogP contribution in [0.1, 0.15) is 32.6 Å². The number of aromatic nitrogens is 3. The van der Waals surface area contributed by atoms with Gasteiger partial charge in [-0.15, -0.1) is 11.3 Å². The lowest BCUT2D eigenvalue weighted by Crippen LogP contribution is -2.03. The van der Waals surface area contributed by atoms with E-state index < -0.39 is 0 Å². The predicted octanol–water partition coefficient (Wildman–Crippen LogP) is 4.23. The predicted molar refractivity (Wildman–Crippen MR) is 85.3 cm³/mol. The second-order valence-electron chi connectivity index (χ2n) is 4.85. The van der Waals surface area contributed by atoms with Crippen LogP contribution in [0.2, 0.25) is 0 Å². The van der Waals surface area contributed by atoms with Crippen LogP contribution in [0.15, 0.2) is 24.7 Å². The van der Waals surface area contributed by atoms with Gasteiger partial charge in [-0.2, -0.15) is 0 Å². The molecule has 0 saturated carbocycles. The van der Waals surface area contributed by atoms with Gasteiger partial charge in [0.05, 0.1) is 10.2 Å². The minimum Gasteiger partial charge on any atom is -0.369 e. The molecule has 0 saturated heterocycles. The van der Waals surface area contributed by atoms with E-state index in [1.165, 1.54) is 25.7 Å². The maximum atomic E-state index is 4.41. The van der Waals surface area contributed by atoms with Gasteiger partial charge < -0.3 is 5.32 Å². The molecule has 0 radical (unpaired) electrons. The van der Waals surface area contributed by atoms with E-state index in [0.29, 0.717) is 0 Å². The summed E-state index contributed by atoms with van der Waals surface area (Å²) in [6.07, 6.45) is 8.47. The van der Waals surface area contributed by atoms with Crippen molar-refractivity contribution in [2.45, 2.75) is 32.6 Å². The van der Waals surface area contributed by atoms with E-state index >= 15 is 0 Å². The third kappa shape index (κ3) is 2.58. The summed E-state index contributed by atoms with van der Waals surface area (Å²) in [5.41, 5.74) is 1.00. The third-order valence-electron chi connectivity index (χ3n) is 3.35. The highest BCUT2D eigenvalue weighted by atomic mass is 32.1. The van der Waals surface area contributed by atoms with Crippen LogP contribution in [0, 0.1) is 0 Å². The highest BCUT2D eigenvalue weighted by molar-refractivity contribution is 7.25. The molecule has 3 aromatic heterocycles. The minimum absolute atomic E-state index is 0.939. The van der Waals surface area contributed by atoms with Gasteiger partial charge in [0, 0.05) is 18.1 Å². The van der Waals surface area contributed by atoms with Gasteiger partial charge in [0.15, 0.2) is 0 Å². The Morgan fingerprint density at radius 2 is 2.10 bits per heavy atom. The Labute approximate surface area is 122 Å². The van der Waals surface area contributed by atoms with Crippen molar-refractivity contribution in [3.05, 3.63) is 24.7 Å². The minimum atomic E-state index is 0.939. The zero-order chi connectivity index (χ0) is 13.8. The monoisotopic (exact) mass is 286 g/mol. The Balaban J connectivity index is 1.84. The highest BCUT2D eigenvalue weighted by Crippen LogP contribution is 2.34. The van der Waals surface area contributed by atoms with Crippen LogP contribution >= 0.6 is 11.3 Å². The van der Waals surface area contributed by atoms with Gasteiger partial charge in [-0.05, 0) is 18.6 Å². The fourth-order valence-corrected chi connectivity index (χ4v) is 3.36. The topological polar surface area (TPSA) is 50.7 Å². The number of anilines is 1. The second-order valence-corrected chi connectivity index (χ2v) is 5.84. The van der Waals surface area contributed by atoms with Crippen LogP contribution < -0.4 is 5.32 Å². The van der Waals surface area contributed by atoms with E-state index in [1.54, 1.807) is 17.7 Å². The maximum absolute atomic E-state index is 4.41. The highest BCUT2D eigenvalue weighted by Gasteiger charge is 2.10. The van der Waals surface area contributed by atoms with Crippen molar-refractivity contribution in [3.8, 4) is 0 Å². The molecule has 20 heavy (non-hydrogen) atoms. The fourth-order valence-electron chi connectivity index (χ4n) is 2.30. The number of unbranched alkanes of at least 4 members (excludes halogenated alkanes) is 3. The van der Waals surface area contributed by atoms with Crippen molar-refractivity contribution < 1.29 is 0 Å². The quantitative estimate of drug-likeness (QED) is 0.689. The van der Waals surface area contributed by atoms with E-state index in [1.807, 2.05) is 12.3 Å². The Bertz CT molecular complexity index is 707. The standard InChI is InChI=1S/C15H18N4S/c1-2-3-4-5-8-16-14-13-12(18-10-19-14)11-7-6-9-17-15(11)20-13/h6-7,9-10H,2-5,8H2,1H3,(H,16,18,19). The lowest BCUT2D eigenvalue weighted by atomic mass is 10.2. The van der Waals surface area contributed by atoms with Crippen LogP contribution in [0.5, 0.6) is 0 Å². The number of rotatable bonds is 6. The number of hydrogen-bond donors (Lipinski definition) is 1. The third-order valence-corrected chi connectivity index (χ3v) is 4.46. The van der Waals surface area contributed by atoms with Gasteiger partial charge in [-0.25, -0.2) is 15.0 Å². The van der Waals surface area contributed by atoms with Crippen molar-refractivity contribution in [1.82, 2.24) is 15.0 Å². The lowest BCUT2D eigenvalue weighted by molar-refractivity contribution is 0.684. The van der Waals surface area contributed by atoms with Crippen LogP contribution in [-0.2, 0) is 0 Å². The molecule has 0 spiro atoms. The van der Waals surface area contributed by atoms with Crippen LogP contribution in [0.4, 0.5) is 5.82 Å². The first kappa shape index (κ1) is 13.2. The number of nitrogens with zero attached hydrogens (tertiary/aromatic N) is 3. The zero-order valence-electron chi connectivity index (χ0n) is 11.6. The SMILES string of the molecule is CCCCCCNc1ncnc2c1sc1ncccc12. The summed E-state index contributed by atoms with van der Waals surface area (Å²) in [4.78, 5) is 14.2. The van der Waals surface area contributed by atoms with Crippen molar-refractivity contribution >= 4 is 37.6 Å². The Kier molecular flexibility index (Phi) is 4.06. The first-order valence-electron chi connectivity index (χ1n) is 7.12. The first-order chi connectivity index (χ1) is 9.90. The Morgan fingerprint density at radius 3 is 3.00 bits per heavy atom. The zero-order valence-corrected chi connectivity index (χ0v) is 12.4. The molecule has 3 heterocycles. The Hall–Kier alpha value is -1.75. The fraction of sp³-hybridized carbons (Fsp3) is 0.400. The molecular weight excluding hydrogens is 268 g/mol. The molecule has 3 rings (SSSR count). The largest absolute Gasteiger partial charge is 0.369 e. The number of nitrogens with one attached hydrogen (secondary N) is 1. The molecule has 104 valence electrons. The van der Waals surface area contributed by atoms with Crippen LogP contribution in [0.25, 0.3) is 20.4 Å². The molecule has 1 N–H and O–H groups in total. The van der Waals surface area contributed by atoms with E-state index in [0.717, 1.165) is 32.8 Å². The number of pyridine rings is 1. The van der Waals surface area contributed by atoms with Gasteiger partial charge in [0.25, 0.3) is 0 Å². The molecule has 0 atom stereocenters. The van der Waals surface area contributed by atoms with Gasteiger partial charge >= 0.3 is 0 Å². The summed E-state index contributed by atoms with van der Waals surface area (Å²) in [6.45, 7) is 3.19. The van der Waals surface area contributed by atoms with E-state index in [2.05, 4.69) is 33.3 Å². The van der Waals surface area contributed by atoms with E-state index in [-0.39, 0.29) is 0 Å². The van der Waals surface area contributed by atoms with E-state index in [9.17, 15) is 0 Å². The van der Waals surface area contributed by atoms with Crippen molar-refractivity contribution in [1.29, 1.82) is 0 Å². The molecule has 0 fully saturated rings. The number of fused-ring (bicyclic) bond motifs is 3. The Morgan fingerprint density at radius 1 is 1.15 bits per heavy atom. The number of thiophene rings is 1. The summed E-state index contributed by atoms with van der Waals surface area (Å²) in [7, 11) is 0. The molecule has 0 aliphatic heterocycles. The molecule has 0 amide bonds. The normalized spacial score (nSPS) is 11.2. The molecule has 0 aromatic carbocycles. The average Bonchev–Trinajstić information content (AvgIpc) is 2.87. The van der Waals surface area contributed by atoms with Gasteiger partial charge in [-0.3, -0.25) is 0 Å². The molecule has 0 bridgehead atoms. The van der Waals surface area contributed by atoms with Crippen LogP contribution in [0.3, 0.4) is 0 Å². The van der Waals surface area contributed by atoms with Crippen molar-refractivity contribution in [2.75, 3.05) is 11.9 Å². The van der Waals surface area contributed by atoms with E-state index in [4.69, 9.17) is 0 Å². The molecule has 0 aliphatic rings. The molecule has 0 unspecified atom stereocenters. The second kappa shape index (κ2) is 6.13. The summed E-state index contributed by atoms with van der Waals surface area (Å²) in [6, 6.07) is 4.02. The van der Waals surface area contributed by atoms with Gasteiger partial charge in [0.2, 0.25) is 0 Å². The smallest absolute Gasteiger partial charge is 0.147 e. The first-order valence-corrected chi connectivity index (χ1v) is 7.94. The number of hydrogen-bond acceptors (Lipinski definition) is 5.